The van der Waals surface area contributed by atoms with Crippen LogP contribution < -0.4 is 0 Å². The highest BCUT2D eigenvalue weighted by Gasteiger charge is 2.27. The summed E-state index contributed by atoms with van der Waals surface area (Å²) in [6, 6.07) is 0. The Morgan fingerprint density at radius 1 is 0.833 bits per heavy atom. The second-order valence-corrected chi connectivity index (χ2v) is 5.32. The molecule has 1 aliphatic carbocycles. The van der Waals surface area contributed by atoms with Crippen LogP contribution in [-0.2, 0) is 0 Å². The fourth-order valence-electron chi connectivity index (χ4n) is 2.24. The zero-order chi connectivity index (χ0) is 8.97. The SMILES string of the molecule is PCC1CCC(CP)C(CP)C1. The van der Waals surface area contributed by atoms with Gasteiger partial charge in [-0.2, -0.15) is 0 Å². The number of rotatable bonds is 3. The molecule has 0 radical (unpaired) electrons. The van der Waals surface area contributed by atoms with Crippen molar-refractivity contribution in [3.8, 4) is 0 Å². The molecule has 6 atom stereocenters. The van der Waals surface area contributed by atoms with E-state index in [9.17, 15) is 0 Å². The summed E-state index contributed by atoms with van der Waals surface area (Å²) in [5.41, 5.74) is 0. The summed E-state index contributed by atoms with van der Waals surface area (Å²) in [6.45, 7) is 0. The topological polar surface area (TPSA) is 0 Å². The van der Waals surface area contributed by atoms with Gasteiger partial charge in [0.2, 0.25) is 0 Å². The van der Waals surface area contributed by atoms with Crippen LogP contribution in [0.3, 0.4) is 0 Å². The van der Waals surface area contributed by atoms with Gasteiger partial charge in [-0.05, 0) is 55.5 Å². The van der Waals surface area contributed by atoms with E-state index < -0.39 is 0 Å². The first-order chi connectivity index (χ1) is 5.81. The van der Waals surface area contributed by atoms with Gasteiger partial charge in [0.1, 0.15) is 0 Å². The Balaban J connectivity index is 2.41. The summed E-state index contributed by atoms with van der Waals surface area (Å²) in [7, 11) is 8.73. The third-order valence-electron chi connectivity index (χ3n) is 3.19. The van der Waals surface area contributed by atoms with Crippen LogP contribution in [-0.4, -0.2) is 18.5 Å². The molecule has 0 aromatic rings. The zero-order valence-corrected chi connectivity index (χ0v) is 11.2. The Hall–Kier alpha value is 1.29. The monoisotopic (exact) mass is 222 g/mol. The molecule has 0 amide bonds. The van der Waals surface area contributed by atoms with E-state index in [0.29, 0.717) is 0 Å². The van der Waals surface area contributed by atoms with Gasteiger partial charge in [0.15, 0.2) is 0 Å². The van der Waals surface area contributed by atoms with Crippen LogP contribution in [0.1, 0.15) is 19.3 Å². The lowest BCUT2D eigenvalue weighted by Gasteiger charge is -2.34. The maximum absolute atomic E-state index is 2.92. The van der Waals surface area contributed by atoms with Gasteiger partial charge in [-0.1, -0.05) is 0 Å². The van der Waals surface area contributed by atoms with Crippen LogP contribution in [0, 0.1) is 17.8 Å². The highest BCUT2D eigenvalue weighted by molar-refractivity contribution is 7.17. The molecule has 1 fully saturated rings. The third kappa shape index (κ3) is 2.90. The van der Waals surface area contributed by atoms with Gasteiger partial charge in [0.05, 0.1) is 0 Å². The molecule has 72 valence electrons. The van der Waals surface area contributed by atoms with Crippen molar-refractivity contribution in [1.29, 1.82) is 0 Å². The molecule has 0 bridgehead atoms. The summed E-state index contributed by atoms with van der Waals surface area (Å²) in [5.74, 6) is 2.96. The first-order valence-electron chi connectivity index (χ1n) is 4.92. The molecule has 3 heteroatoms. The predicted octanol–water partition coefficient (Wildman–Crippen LogP) is 2.64. The van der Waals surface area contributed by atoms with Crippen molar-refractivity contribution in [2.75, 3.05) is 18.5 Å². The van der Waals surface area contributed by atoms with Gasteiger partial charge in [0, 0.05) is 0 Å². The molecule has 1 aliphatic rings. The zero-order valence-electron chi connectivity index (χ0n) is 7.71. The Bertz CT molecular complexity index is 127. The van der Waals surface area contributed by atoms with Crippen molar-refractivity contribution in [3.05, 3.63) is 0 Å². The molecular formula is C9H21P3. The molecule has 0 heterocycles. The first kappa shape index (κ1) is 11.4. The van der Waals surface area contributed by atoms with Gasteiger partial charge in [0.25, 0.3) is 0 Å². The standard InChI is InChI=1S/C9H21P3/c10-4-7-1-2-8(5-11)9(3-7)6-12/h7-9H,1-6,10-12H2. The third-order valence-corrected chi connectivity index (χ3v) is 5.06. The van der Waals surface area contributed by atoms with E-state index in [2.05, 4.69) is 27.7 Å². The smallest absolute Gasteiger partial charge is 0.0345 e. The van der Waals surface area contributed by atoms with E-state index in [1.807, 2.05) is 0 Å². The lowest BCUT2D eigenvalue weighted by Crippen LogP contribution is -2.27. The minimum absolute atomic E-state index is 0.979. The minimum Gasteiger partial charge on any atom is -0.137 e. The van der Waals surface area contributed by atoms with E-state index in [1.165, 1.54) is 37.7 Å². The normalized spacial score (nSPS) is 36.8. The Morgan fingerprint density at radius 3 is 2.00 bits per heavy atom. The van der Waals surface area contributed by atoms with Crippen LogP contribution in [0.25, 0.3) is 0 Å². The largest absolute Gasteiger partial charge is 0.137 e. The average molecular weight is 222 g/mol. The minimum atomic E-state index is 0.979. The molecule has 1 saturated carbocycles. The summed E-state index contributed by atoms with van der Waals surface area (Å²) in [4.78, 5) is 0. The van der Waals surface area contributed by atoms with Gasteiger partial charge in [-0.15, -0.1) is 27.7 Å². The summed E-state index contributed by atoms with van der Waals surface area (Å²) in [6.07, 6.45) is 8.31. The summed E-state index contributed by atoms with van der Waals surface area (Å²) >= 11 is 0. The quantitative estimate of drug-likeness (QED) is 0.644. The highest BCUT2D eigenvalue weighted by Crippen LogP contribution is 2.36. The van der Waals surface area contributed by atoms with Crippen molar-refractivity contribution in [1.82, 2.24) is 0 Å². The molecule has 12 heavy (non-hydrogen) atoms. The average Bonchev–Trinajstić information content (AvgIpc) is 2.16. The van der Waals surface area contributed by atoms with Crippen molar-refractivity contribution < 1.29 is 0 Å². The molecule has 1 rings (SSSR count). The van der Waals surface area contributed by atoms with Crippen LogP contribution in [0.4, 0.5) is 0 Å². The molecule has 0 spiro atoms. The highest BCUT2D eigenvalue weighted by atomic mass is 31.0. The lowest BCUT2D eigenvalue weighted by molar-refractivity contribution is 0.231. The van der Waals surface area contributed by atoms with Crippen molar-refractivity contribution in [3.63, 3.8) is 0 Å². The molecule has 0 aromatic carbocycles. The lowest BCUT2D eigenvalue weighted by atomic mass is 9.76. The number of hydrogen-bond acceptors (Lipinski definition) is 0. The predicted molar refractivity (Wildman–Crippen MR) is 68.1 cm³/mol. The van der Waals surface area contributed by atoms with Crippen molar-refractivity contribution in [2.45, 2.75) is 19.3 Å². The molecule has 0 aromatic heterocycles. The van der Waals surface area contributed by atoms with Gasteiger partial charge in [-0.3, -0.25) is 0 Å². The van der Waals surface area contributed by atoms with Crippen molar-refractivity contribution in [2.24, 2.45) is 17.8 Å². The van der Waals surface area contributed by atoms with Crippen LogP contribution in [0.2, 0.25) is 0 Å². The number of hydrogen-bond donors (Lipinski definition) is 0. The Labute approximate surface area is 83.6 Å². The second-order valence-electron chi connectivity index (χ2n) is 3.91. The van der Waals surface area contributed by atoms with E-state index in [1.54, 1.807) is 0 Å². The molecular weight excluding hydrogens is 201 g/mol. The van der Waals surface area contributed by atoms with E-state index in [-0.39, 0.29) is 0 Å². The summed E-state index contributed by atoms with van der Waals surface area (Å²) < 4.78 is 0. The van der Waals surface area contributed by atoms with E-state index >= 15 is 0 Å². The van der Waals surface area contributed by atoms with Gasteiger partial charge < -0.3 is 0 Å². The molecule has 0 N–H and O–H groups in total. The van der Waals surface area contributed by atoms with Crippen molar-refractivity contribution >= 4 is 27.7 Å². The van der Waals surface area contributed by atoms with Gasteiger partial charge >= 0.3 is 0 Å². The Morgan fingerprint density at radius 2 is 1.50 bits per heavy atom. The van der Waals surface area contributed by atoms with Crippen LogP contribution in [0.15, 0.2) is 0 Å². The van der Waals surface area contributed by atoms with Crippen LogP contribution in [0.5, 0.6) is 0 Å². The fraction of sp³-hybridized carbons (Fsp3) is 1.00. The second kappa shape index (κ2) is 5.90. The summed E-state index contributed by atoms with van der Waals surface area (Å²) in [5, 5.41) is 0. The first-order valence-corrected chi connectivity index (χ1v) is 7.37. The van der Waals surface area contributed by atoms with Crippen LogP contribution >= 0.6 is 27.7 Å². The van der Waals surface area contributed by atoms with E-state index in [0.717, 1.165) is 17.8 Å². The van der Waals surface area contributed by atoms with E-state index in [4.69, 9.17) is 0 Å². The fourth-order valence-corrected chi connectivity index (χ4v) is 3.86. The maximum Gasteiger partial charge on any atom is -0.0345 e. The van der Waals surface area contributed by atoms with Gasteiger partial charge in [-0.25, -0.2) is 0 Å². The molecule has 0 saturated heterocycles. The Kier molecular flexibility index (Phi) is 5.59. The molecule has 0 aliphatic heterocycles. The molecule has 6 unspecified atom stereocenters. The molecule has 0 nitrogen and oxygen atoms in total. The maximum atomic E-state index is 2.92.